The first kappa shape index (κ1) is 14.3. The number of amides is 1. The first-order chi connectivity index (χ1) is 7.88. The molecule has 1 aliphatic rings. The van der Waals surface area contributed by atoms with E-state index in [9.17, 15) is 9.18 Å². The molecular weight excluding hydrogens is 221 g/mol. The summed E-state index contributed by atoms with van der Waals surface area (Å²) in [5.41, 5.74) is -0.527. The number of halogens is 1. The van der Waals surface area contributed by atoms with Crippen molar-refractivity contribution < 1.29 is 13.9 Å². The smallest absolute Gasteiger partial charge is 0.407 e. The second-order valence-corrected chi connectivity index (χ2v) is 5.80. The lowest BCUT2D eigenvalue weighted by molar-refractivity contribution is 0.0498. The lowest BCUT2D eigenvalue weighted by Crippen LogP contribution is -2.38. The zero-order valence-electron chi connectivity index (χ0n) is 11.1. The molecule has 1 fully saturated rings. The molecule has 0 spiro atoms. The third-order valence-corrected chi connectivity index (χ3v) is 3.00. The highest BCUT2D eigenvalue weighted by Gasteiger charge is 2.24. The van der Waals surface area contributed by atoms with Crippen LogP contribution in [0.5, 0.6) is 0 Å². The topological polar surface area (TPSA) is 38.3 Å². The number of alkyl halides is 1. The van der Waals surface area contributed by atoms with Crippen LogP contribution in [0.25, 0.3) is 0 Å². The van der Waals surface area contributed by atoms with Gasteiger partial charge in [0.05, 0.1) is 6.54 Å². The van der Waals surface area contributed by atoms with Crippen molar-refractivity contribution in [2.24, 2.45) is 5.92 Å². The number of carbonyl (C=O) groups is 1. The van der Waals surface area contributed by atoms with Crippen LogP contribution < -0.4 is 5.32 Å². The lowest BCUT2D eigenvalue weighted by atomic mass is 9.86. The van der Waals surface area contributed by atoms with Crippen LogP contribution in [0, 0.1) is 5.92 Å². The Balaban J connectivity index is 2.22. The van der Waals surface area contributed by atoms with Crippen molar-refractivity contribution in [1.82, 2.24) is 5.32 Å². The number of nitrogens with one attached hydrogen (secondary N) is 1. The average Bonchev–Trinajstić information content (AvgIpc) is 2.25. The van der Waals surface area contributed by atoms with Gasteiger partial charge in [0.15, 0.2) is 0 Å². The van der Waals surface area contributed by atoms with Gasteiger partial charge in [-0.3, -0.25) is 0 Å². The molecule has 1 aliphatic carbocycles. The minimum Gasteiger partial charge on any atom is -0.444 e. The highest BCUT2D eigenvalue weighted by molar-refractivity contribution is 5.67. The van der Waals surface area contributed by atoms with E-state index < -0.39 is 17.9 Å². The second kappa shape index (κ2) is 6.22. The second-order valence-electron chi connectivity index (χ2n) is 5.80. The van der Waals surface area contributed by atoms with Gasteiger partial charge in [-0.2, -0.15) is 0 Å². The fraction of sp³-hybridized carbons (Fsp3) is 0.923. The molecule has 17 heavy (non-hydrogen) atoms. The van der Waals surface area contributed by atoms with Crippen LogP contribution in [0.4, 0.5) is 9.18 Å². The zero-order chi connectivity index (χ0) is 12.9. The first-order valence-corrected chi connectivity index (χ1v) is 6.49. The van der Waals surface area contributed by atoms with E-state index in [4.69, 9.17) is 4.74 Å². The number of alkyl carbamates (subject to hydrolysis) is 1. The molecule has 3 nitrogen and oxygen atoms in total. The zero-order valence-corrected chi connectivity index (χ0v) is 11.1. The third kappa shape index (κ3) is 5.89. The van der Waals surface area contributed by atoms with Gasteiger partial charge in [-0.15, -0.1) is 0 Å². The molecule has 0 aliphatic heterocycles. The standard InChI is InChI=1S/C13H24FNO2/c1-13(2,3)17-12(16)15-9-11(14)10-7-5-4-6-8-10/h10-11H,4-9H2,1-3H3,(H,15,16). The van der Waals surface area contributed by atoms with Crippen LogP contribution in [-0.2, 0) is 4.74 Å². The summed E-state index contributed by atoms with van der Waals surface area (Å²) in [6, 6.07) is 0. The number of hydrogen-bond donors (Lipinski definition) is 1. The summed E-state index contributed by atoms with van der Waals surface area (Å²) in [4.78, 5) is 11.3. The maximum absolute atomic E-state index is 13.8. The summed E-state index contributed by atoms with van der Waals surface area (Å²) >= 11 is 0. The first-order valence-electron chi connectivity index (χ1n) is 6.49. The van der Waals surface area contributed by atoms with Crippen molar-refractivity contribution in [3.8, 4) is 0 Å². The molecule has 100 valence electrons. The number of hydrogen-bond acceptors (Lipinski definition) is 2. The average molecular weight is 245 g/mol. The van der Waals surface area contributed by atoms with Crippen molar-refractivity contribution >= 4 is 6.09 Å². The Hall–Kier alpha value is -0.800. The highest BCUT2D eigenvalue weighted by atomic mass is 19.1. The fourth-order valence-corrected chi connectivity index (χ4v) is 2.16. The number of carbonyl (C=O) groups excluding carboxylic acids is 1. The Morgan fingerprint density at radius 2 is 1.94 bits per heavy atom. The van der Waals surface area contributed by atoms with E-state index >= 15 is 0 Å². The summed E-state index contributed by atoms with van der Waals surface area (Å²) in [6.07, 6.45) is 3.84. The molecule has 1 saturated carbocycles. The van der Waals surface area contributed by atoms with Gasteiger partial charge in [-0.05, 0) is 39.5 Å². The molecule has 1 unspecified atom stereocenters. The van der Waals surface area contributed by atoms with E-state index in [1.165, 1.54) is 6.42 Å². The molecule has 1 atom stereocenters. The van der Waals surface area contributed by atoms with Gasteiger partial charge in [-0.25, -0.2) is 9.18 Å². The number of rotatable bonds is 3. The van der Waals surface area contributed by atoms with Crippen LogP contribution in [-0.4, -0.2) is 24.4 Å². The highest BCUT2D eigenvalue weighted by Crippen LogP contribution is 2.27. The normalized spacial score (nSPS) is 19.8. The van der Waals surface area contributed by atoms with Gasteiger partial charge in [-0.1, -0.05) is 19.3 Å². The Morgan fingerprint density at radius 3 is 2.47 bits per heavy atom. The van der Waals surface area contributed by atoms with Crippen molar-refractivity contribution in [1.29, 1.82) is 0 Å². The van der Waals surface area contributed by atoms with Crippen molar-refractivity contribution in [3.63, 3.8) is 0 Å². The molecular formula is C13H24FNO2. The van der Waals surface area contributed by atoms with Crippen molar-refractivity contribution in [2.45, 2.75) is 64.6 Å². The molecule has 1 amide bonds. The number of ether oxygens (including phenoxy) is 1. The lowest BCUT2D eigenvalue weighted by Gasteiger charge is -2.25. The Bertz CT molecular complexity index is 244. The predicted molar refractivity (Wildman–Crippen MR) is 65.7 cm³/mol. The molecule has 1 N–H and O–H groups in total. The summed E-state index contributed by atoms with van der Waals surface area (Å²) < 4.78 is 18.9. The fourth-order valence-electron chi connectivity index (χ4n) is 2.16. The van der Waals surface area contributed by atoms with Crippen LogP contribution in [0.2, 0.25) is 0 Å². The molecule has 0 saturated heterocycles. The van der Waals surface area contributed by atoms with Crippen molar-refractivity contribution in [2.75, 3.05) is 6.54 Å². The molecule has 0 heterocycles. The third-order valence-electron chi connectivity index (χ3n) is 3.00. The molecule has 0 aromatic heterocycles. The molecule has 0 aromatic carbocycles. The maximum Gasteiger partial charge on any atom is 0.407 e. The minimum atomic E-state index is -0.942. The van der Waals surface area contributed by atoms with Gasteiger partial charge < -0.3 is 10.1 Å². The Morgan fingerprint density at radius 1 is 1.35 bits per heavy atom. The summed E-state index contributed by atoms with van der Waals surface area (Å²) in [5.74, 6) is 0.110. The summed E-state index contributed by atoms with van der Waals surface area (Å²) in [7, 11) is 0. The van der Waals surface area contributed by atoms with Gasteiger partial charge in [0.25, 0.3) is 0 Å². The van der Waals surface area contributed by atoms with E-state index in [1.807, 2.05) is 0 Å². The van der Waals surface area contributed by atoms with Gasteiger partial charge >= 0.3 is 6.09 Å². The van der Waals surface area contributed by atoms with Gasteiger partial charge in [0.1, 0.15) is 11.8 Å². The van der Waals surface area contributed by atoms with E-state index in [2.05, 4.69) is 5.32 Å². The Labute approximate surface area is 103 Å². The van der Waals surface area contributed by atoms with E-state index in [1.54, 1.807) is 20.8 Å². The largest absolute Gasteiger partial charge is 0.444 e. The minimum absolute atomic E-state index is 0.0690. The van der Waals surface area contributed by atoms with Crippen molar-refractivity contribution in [3.05, 3.63) is 0 Å². The maximum atomic E-state index is 13.8. The summed E-state index contributed by atoms with van der Waals surface area (Å²) in [6.45, 7) is 5.45. The van der Waals surface area contributed by atoms with E-state index in [-0.39, 0.29) is 12.5 Å². The van der Waals surface area contributed by atoms with E-state index in [0.29, 0.717) is 0 Å². The molecule has 4 heteroatoms. The SMILES string of the molecule is CC(C)(C)OC(=O)NCC(F)C1CCCCC1. The molecule has 1 rings (SSSR count). The predicted octanol–water partition coefficient (Wildman–Crippen LogP) is 3.43. The summed E-state index contributed by atoms with van der Waals surface area (Å²) in [5, 5.41) is 2.50. The van der Waals surface area contributed by atoms with E-state index in [0.717, 1.165) is 25.7 Å². The molecule has 0 radical (unpaired) electrons. The van der Waals surface area contributed by atoms with Crippen LogP contribution >= 0.6 is 0 Å². The van der Waals surface area contributed by atoms with Gasteiger partial charge in [0.2, 0.25) is 0 Å². The van der Waals surface area contributed by atoms with Crippen LogP contribution in [0.3, 0.4) is 0 Å². The van der Waals surface area contributed by atoms with Gasteiger partial charge in [0, 0.05) is 0 Å². The monoisotopic (exact) mass is 245 g/mol. The van der Waals surface area contributed by atoms with Crippen LogP contribution in [0.1, 0.15) is 52.9 Å². The Kier molecular flexibility index (Phi) is 5.22. The molecule has 0 bridgehead atoms. The quantitative estimate of drug-likeness (QED) is 0.827. The molecule has 0 aromatic rings. The van der Waals surface area contributed by atoms with Crippen LogP contribution in [0.15, 0.2) is 0 Å².